The van der Waals surface area contributed by atoms with Crippen LogP contribution in [0.1, 0.15) is 0 Å². The Hall–Kier alpha value is 0.613. The van der Waals surface area contributed by atoms with Gasteiger partial charge in [-0.1, -0.05) is 0 Å². The molecule has 0 saturated heterocycles. The number of rotatable bonds is 0. The monoisotopic (exact) mass is 190 g/mol. The van der Waals surface area contributed by atoms with Crippen molar-refractivity contribution in [3.8, 4) is 0 Å². The second kappa shape index (κ2) is 4.76. The molecule has 0 atom stereocenters. The van der Waals surface area contributed by atoms with Crippen molar-refractivity contribution in [2.45, 2.75) is 0 Å². The van der Waals surface area contributed by atoms with Gasteiger partial charge in [-0.15, -0.1) is 0 Å². The quantitative estimate of drug-likeness (QED) is 0.309. The van der Waals surface area contributed by atoms with E-state index in [1.807, 2.05) is 0 Å². The van der Waals surface area contributed by atoms with Crippen molar-refractivity contribution >= 4 is 25.4 Å². The molecule has 0 aromatic rings. The number of phosphoric acid groups is 1. The van der Waals surface area contributed by atoms with Crippen molar-refractivity contribution in [3.05, 3.63) is 0 Å². The molecule has 44 valence electrons. The van der Waals surface area contributed by atoms with Crippen LogP contribution in [0.2, 0.25) is 0 Å². The van der Waals surface area contributed by atoms with Crippen LogP contribution in [0.3, 0.4) is 0 Å². The molecule has 0 saturated carbocycles. The molecule has 0 spiro atoms. The zero-order chi connectivity index (χ0) is 4.50. The first-order chi connectivity index (χ1) is 2.00. The fourth-order valence-electron chi connectivity index (χ4n) is 0. The summed E-state index contributed by atoms with van der Waals surface area (Å²) in [5, 5.41) is 0. The summed E-state index contributed by atoms with van der Waals surface area (Å²) in [6.45, 7) is 0. The van der Waals surface area contributed by atoms with Crippen molar-refractivity contribution in [1.29, 1.82) is 0 Å². The van der Waals surface area contributed by atoms with Crippen molar-refractivity contribution in [1.82, 2.24) is 0 Å². The summed E-state index contributed by atoms with van der Waals surface area (Å²) in [5.74, 6) is 0. The summed E-state index contributed by atoms with van der Waals surface area (Å²) in [4.78, 5) is 24.3. The van der Waals surface area contributed by atoms with Crippen molar-refractivity contribution < 1.29 is 24.7 Å². The third-order valence-corrected chi connectivity index (χ3v) is 0. The fraction of sp³-hybridized carbons (Fsp3) is 0. The van der Waals surface area contributed by atoms with E-state index in [0.29, 0.717) is 0 Å². The molecule has 0 aromatic heterocycles. The van der Waals surface area contributed by atoms with Crippen LogP contribution >= 0.6 is 7.82 Å². The van der Waals surface area contributed by atoms with Gasteiger partial charge < -0.3 is 24.7 Å². The third kappa shape index (κ3) is 375. The van der Waals surface area contributed by atoms with E-state index in [1.54, 1.807) is 0 Å². The second-order valence-electron chi connectivity index (χ2n) is 0.469. The average molecular weight is 189 g/mol. The molecular weight excluding hydrogens is 184 g/mol. The van der Waals surface area contributed by atoms with Crippen molar-refractivity contribution in [3.63, 3.8) is 0 Å². The molecule has 0 aliphatic heterocycles. The van der Waals surface area contributed by atoms with Crippen molar-refractivity contribution in [2.75, 3.05) is 0 Å². The van der Waals surface area contributed by atoms with Crippen LogP contribution in [0.25, 0.3) is 0 Å². The SMILES string of the molecule is O.O=P([O-])([O-])O.[GeH2+2]. The molecule has 0 heterocycles. The molecule has 0 radical (unpaired) electrons. The van der Waals surface area contributed by atoms with Gasteiger partial charge in [0.15, 0.2) is 0 Å². The Balaban J connectivity index is -0.0000000800. The Morgan fingerprint density at radius 1 is 1.43 bits per heavy atom. The molecule has 3 N–H and O–H groups in total. The third-order valence-electron chi connectivity index (χ3n) is 0. The van der Waals surface area contributed by atoms with E-state index >= 15 is 0 Å². The number of hydrogen-bond acceptors (Lipinski definition) is 3. The van der Waals surface area contributed by atoms with Crippen LogP contribution in [-0.4, -0.2) is 28.0 Å². The summed E-state index contributed by atoms with van der Waals surface area (Å²) in [6.07, 6.45) is 0. The summed E-state index contributed by atoms with van der Waals surface area (Å²) in [5.41, 5.74) is 0. The molecule has 0 unspecified atom stereocenters. The van der Waals surface area contributed by atoms with E-state index in [2.05, 4.69) is 0 Å². The standard InChI is InChI=1S/GeH2.H3O4P.H2O/c;1-5(2,3)4;/h1H2;(H3,1,2,3,4);1H2/q+2;;/p-2. The summed E-state index contributed by atoms with van der Waals surface area (Å²) in [7, 11) is -5.14. The van der Waals surface area contributed by atoms with Crippen LogP contribution in [-0.2, 0) is 4.57 Å². The zero-order valence-electron chi connectivity index (χ0n) is 3.33. The molecule has 0 aliphatic rings. The Labute approximate surface area is 50.9 Å². The fourth-order valence-corrected chi connectivity index (χ4v) is 0. The molecule has 0 bridgehead atoms. The second-order valence-corrected chi connectivity index (χ2v) is 1.41. The van der Waals surface area contributed by atoms with Crippen molar-refractivity contribution in [2.24, 2.45) is 0 Å². The van der Waals surface area contributed by atoms with E-state index in [1.165, 1.54) is 0 Å². The maximum absolute atomic E-state index is 8.66. The predicted octanol–water partition coefficient (Wildman–Crippen LogP) is -3.93. The van der Waals surface area contributed by atoms with Gasteiger partial charge in [-0.05, 0) is 0 Å². The van der Waals surface area contributed by atoms with Crippen LogP contribution in [0, 0.1) is 0 Å². The van der Waals surface area contributed by atoms with E-state index in [0.717, 1.165) is 0 Å². The van der Waals surface area contributed by atoms with Gasteiger partial charge in [0.05, 0.1) is 7.82 Å². The van der Waals surface area contributed by atoms with E-state index in [-0.39, 0.29) is 23.1 Å². The minimum atomic E-state index is -5.14. The molecule has 5 nitrogen and oxygen atoms in total. The first-order valence-corrected chi connectivity index (χ1v) is 2.24. The van der Waals surface area contributed by atoms with E-state index in [9.17, 15) is 0 Å². The topological polar surface area (TPSA) is 115 Å². The molecule has 7 heteroatoms. The molecular formula is H5GeO5P. The molecule has 0 rings (SSSR count). The van der Waals surface area contributed by atoms with Gasteiger partial charge in [0.25, 0.3) is 0 Å². The van der Waals surface area contributed by atoms with Gasteiger partial charge >= 0.3 is 17.6 Å². The normalized spacial score (nSPS) is 8.43. The van der Waals surface area contributed by atoms with Crippen LogP contribution in [0.15, 0.2) is 0 Å². The van der Waals surface area contributed by atoms with Crippen LogP contribution < -0.4 is 9.79 Å². The van der Waals surface area contributed by atoms with Gasteiger partial charge in [-0.25, -0.2) is 0 Å². The first kappa shape index (κ1) is 15.6. The van der Waals surface area contributed by atoms with Crippen LogP contribution in [0.5, 0.6) is 0 Å². The average Bonchev–Trinajstić information content (AvgIpc) is 0.722. The first-order valence-electron chi connectivity index (χ1n) is 0.748. The Morgan fingerprint density at radius 3 is 1.43 bits per heavy atom. The maximum atomic E-state index is 8.66. The van der Waals surface area contributed by atoms with Gasteiger partial charge in [-0.2, -0.15) is 0 Å². The molecule has 7 heavy (non-hydrogen) atoms. The van der Waals surface area contributed by atoms with E-state index in [4.69, 9.17) is 19.2 Å². The minimum absolute atomic E-state index is 0. The van der Waals surface area contributed by atoms with Gasteiger partial charge in [-0.3, -0.25) is 0 Å². The summed E-state index contributed by atoms with van der Waals surface area (Å²) < 4.78 is 8.66. The molecule has 0 fully saturated rings. The number of hydrogen-bond donors (Lipinski definition) is 1. The Kier molecular flexibility index (Phi) is 10.6. The summed E-state index contributed by atoms with van der Waals surface area (Å²) >= 11 is 0. The Bertz CT molecular complexity index is 54.2. The zero-order valence-corrected chi connectivity index (χ0v) is 7.19. The Morgan fingerprint density at radius 2 is 1.43 bits per heavy atom. The molecule has 0 amide bonds. The van der Waals surface area contributed by atoms with Gasteiger partial charge in [0.1, 0.15) is 0 Å². The summed E-state index contributed by atoms with van der Waals surface area (Å²) in [6, 6.07) is 0. The van der Waals surface area contributed by atoms with Gasteiger partial charge in [0, 0.05) is 0 Å². The van der Waals surface area contributed by atoms with E-state index < -0.39 is 7.82 Å². The van der Waals surface area contributed by atoms with Crippen LogP contribution in [0.4, 0.5) is 0 Å². The molecule has 0 aromatic carbocycles. The molecule has 0 aliphatic carbocycles. The van der Waals surface area contributed by atoms with Gasteiger partial charge in [0.2, 0.25) is 0 Å². The predicted molar refractivity (Wildman–Crippen MR) is 22.0 cm³/mol.